The van der Waals surface area contributed by atoms with E-state index in [-0.39, 0.29) is 12.1 Å². The van der Waals surface area contributed by atoms with E-state index in [9.17, 15) is 9.59 Å². The minimum Gasteiger partial charge on any atom is -0.459 e. The first-order valence-corrected chi connectivity index (χ1v) is 6.47. The molecule has 102 valence electrons. The predicted octanol–water partition coefficient (Wildman–Crippen LogP) is 3.73. The first-order valence-electron chi connectivity index (χ1n) is 6.47. The molecule has 0 amide bonds. The van der Waals surface area contributed by atoms with Crippen LogP contribution in [0.25, 0.3) is 11.1 Å². The molecule has 3 heteroatoms. The Labute approximate surface area is 118 Å². The molecule has 0 heterocycles. The zero-order chi connectivity index (χ0) is 14.5. The second-order valence-corrected chi connectivity index (χ2v) is 4.74. The van der Waals surface area contributed by atoms with E-state index in [1.54, 1.807) is 24.3 Å². The zero-order valence-corrected chi connectivity index (χ0v) is 11.5. The number of esters is 1. The highest BCUT2D eigenvalue weighted by Gasteiger charge is 2.14. The van der Waals surface area contributed by atoms with Crippen LogP contribution in [-0.4, -0.2) is 18.4 Å². The maximum atomic E-state index is 12.1. The topological polar surface area (TPSA) is 43.4 Å². The second kappa shape index (κ2) is 6.15. The maximum Gasteiger partial charge on any atom is 0.339 e. The molecule has 0 aliphatic rings. The quantitative estimate of drug-likeness (QED) is 0.627. The van der Waals surface area contributed by atoms with Gasteiger partial charge in [0.1, 0.15) is 6.29 Å². The van der Waals surface area contributed by atoms with Crippen LogP contribution in [0.1, 0.15) is 34.6 Å². The lowest BCUT2D eigenvalue weighted by Crippen LogP contribution is -2.12. The summed E-state index contributed by atoms with van der Waals surface area (Å²) in [5, 5.41) is 0. The molecule has 0 aromatic heterocycles. The molecule has 0 N–H and O–H groups in total. The fourth-order valence-electron chi connectivity index (χ4n) is 1.93. The molecule has 0 aliphatic heterocycles. The average Bonchev–Trinajstić information content (AvgIpc) is 2.46. The van der Waals surface area contributed by atoms with E-state index in [1.165, 1.54) is 0 Å². The summed E-state index contributed by atoms with van der Waals surface area (Å²) >= 11 is 0. The molecule has 0 saturated heterocycles. The van der Waals surface area contributed by atoms with Gasteiger partial charge < -0.3 is 4.74 Å². The van der Waals surface area contributed by atoms with E-state index in [1.807, 2.05) is 38.1 Å². The normalized spacial score (nSPS) is 10.3. The van der Waals surface area contributed by atoms with E-state index < -0.39 is 0 Å². The van der Waals surface area contributed by atoms with Crippen molar-refractivity contribution in [2.24, 2.45) is 0 Å². The Morgan fingerprint density at radius 1 is 1.05 bits per heavy atom. The number of carbonyl (C=O) groups excluding carboxylic acids is 2. The van der Waals surface area contributed by atoms with Crippen LogP contribution >= 0.6 is 0 Å². The van der Waals surface area contributed by atoms with Crippen molar-refractivity contribution in [3.8, 4) is 11.1 Å². The first kappa shape index (κ1) is 14.0. The van der Waals surface area contributed by atoms with Crippen LogP contribution in [0, 0.1) is 0 Å². The lowest BCUT2D eigenvalue weighted by atomic mass is 9.99. The molecule has 3 nitrogen and oxygen atoms in total. The number of rotatable bonds is 4. The number of ether oxygens (including phenoxy) is 1. The summed E-state index contributed by atoms with van der Waals surface area (Å²) in [6, 6.07) is 14.4. The standard InChI is InChI=1S/C17H16O3/c1-12(2)20-17(19)16-6-4-3-5-15(16)14-9-7-13(11-18)8-10-14/h3-12H,1-2H3. The summed E-state index contributed by atoms with van der Waals surface area (Å²) in [5.74, 6) is -0.338. The molecule has 0 fully saturated rings. The Balaban J connectivity index is 2.40. The summed E-state index contributed by atoms with van der Waals surface area (Å²) in [4.78, 5) is 22.8. The van der Waals surface area contributed by atoms with Crippen LogP contribution in [0.2, 0.25) is 0 Å². The maximum absolute atomic E-state index is 12.1. The highest BCUT2D eigenvalue weighted by molar-refractivity contribution is 5.97. The van der Waals surface area contributed by atoms with Gasteiger partial charge in [-0.1, -0.05) is 42.5 Å². The molecule has 0 saturated carbocycles. The third-order valence-corrected chi connectivity index (χ3v) is 2.85. The average molecular weight is 268 g/mol. The molecular weight excluding hydrogens is 252 g/mol. The van der Waals surface area contributed by atoms with Gasteiger partial charge in [-0.15, -0.1) is 0 Å². The van der Waals surface area contributed by atoms with Gasteiger partial charge in [0.2, 0.25) is 0 Å². The molecule has 0 bridgehead atoms. The number of hydrogen-bond donors (Lipinski definition) is 0. The Morgan fingerprint density at radius 2 is 1.70 bits per heavy atom. The summed E-state index contributed by atoms with van der Waals surface area (Å²) in [6.07, 6.45) is 0.635. The number of hydrogen-bond acceptors (Lipinski definition) is 3. The minimum absolute atomic E-state index is 0.159. The predicted molar refractivity (Wildman–Crippen MR) is 77.8 cm³/mol. The van der Waals surface area contributed by atoms with Crippen LogP contribution in [0.4, 0.5) is 0 Å². The Hall–Kier alpha value is -2.42. The lowest BCUT2D eigenvalue weighted by Gasteiger charge is -2.12. The van der Waals surface area contributed by atoms with Gasteiger partial charge in [0.15, 0.2) is 0 Å². The van der Waals surface area contributed by atoms with Crippen molar-refractivity contribution in [1.29, 1.82) is 0 Å². The largest absolute Gasteiger partial charge is 0.459 e. The van der Waals surface area contributed by atoms with Crippen molar-refractivity contribution in [3.05, 3.63) is 59.7 Å². The van der Waals surface area contributed by atoms with E-state index in [4.69, 9.17) is 4.74 Å². The van der Waals surface area contributed by atoms with Gasteiger partial charge in [-0.2, -0.15) is 0 Å². The third kappa shape index (κ3) is 3.12. The van der Waals surface area contributed by atoms with Gasteiger partial charge in [0, 0.05) is 5.56 Å². The highest BCUT2D eigenvalue weighted by Crippen LogP contribution is 2.24. The number of carbonyl (C=O) groups is 2. The van der Waals surface area contributed by atoms with Gasteiger partial charge in [-0.05, 0) is 31.0 Å². The van der Waals surface area contributed by atoms with E-state index in [0.717, 1.165) is 17.4 Å². The summed E-state index contributed by atoms with van der Waals surface area (Å²) in [7, 11) is 0. The van der Waals surface area contributed by atoms with Crippen LogP contribution in [-0.2, 0) is 4.74 Å². The number of aldehydes is 1. The van der Waals surface area contributed by atoms with E-state index in [2.05, 4.69) is 0 Å². The van der Waals surface area contributed by atoms with Gasteiger partial charge in [-0.25, -0.2) is 4.79 Å². The lowest BCUT2D eigenvalue weighted by molar-refractivity contribution is 0.0379. The zero-order valence-electron chi connectivity index (χ0n) is 11.5. The molecule has 2 rings (SSSR count). The van der Waals surface area contributed by atoms with Crippen LogP contribution in [0.15, 0.2) is 48.5 Å². The minimum atomic E-state index is -0.338. The van der Waals surface area contributed by atoms with E-state index >= 15 is 0 Å². The Bertz CT molecular complexity index is 612. The molecule has 20 heavy (non-hydrogen) atoms. The van der Waals surface area contributed by atoms with E-state index in [0.29, 0.717) is 11.1 Å². The first-order chi connectivity index (χ1) is 9.61. The van der Waals surface area contributed by atoms with Crippen molar-refractivity contribution in [1.82, 2.24) is 0 Å². The molecule has 0 aliphatic carbocycles. The molecular formula is C17H16O3. The van der Waals surface area contributed by atoms with Gasteiger partial charge >= 0.3 is 5.97 Å². The van der Waals surface area contributed by atoms with Gasteiger partial charge in [0.05, 0.1) is 11.7 Å². The fourth-order valence-corrected chi connectivity index (χ4v) is 1.93. The number of benzene rings is 2. The molecule has 2 aromatic carbocycles. The van der Waals surface area contributed by atoms with Crippen molar-refractivity contribution >= 4 is 12.3 Å². The molecule has 2 aromatic rings. The monoisotopic (exact) mass is 268 g/mol. The van der Waals surface area contributed by atoms with Crippen molar-refractivity contribution in [2.75, 3.05) is 0 Å². The van der Waals surface area contributed by atoms with Crippen LogP contribution in [0.3, 0.4) is 0 Å². The Morgan fingerprint density at radius 3 is 2.30 bits per heavy atom. The molecule has 0 atom stereocenters. The highest BCUT2D eigenvalue weighted by atomic mass is 16.5. The molecule has 0 spiro atoms. The van der Waals surface area contributed by atoms with Crippen molar-refractivity contribution in [2.45, 2.75) is 20.0 Å². The van der Waals surface area contributed by atoms with Gasteiger partial charge in [-0.3, -0.25) is 4.79 Å². The smallest absolute Gasteiger partial charge is 0.339 e. The summed E-state index contributed by atoms with van der Waals surface area (Å²) in [6.45, 7) is 3.64. The summed E-state index contributed by atoms with van der Waals surface area (Å²) in [5.41, 5.74) is 2.82. The third-order valence-electron chi connectivity index (χ3n) is 2.85. The van der Waals surface area contributed by atoms with Gasteiger partial charge in [0.25, 0.3) is 0 Å². The molecule has 0 radical (unpaired) electrons. The van der Waals surface area contributed by atoms with Crippen molar-refractivity contribution < 1.29 is 14.3 Å². The van der Waals surface area contributed by atoms with Crippen molar-refractivity contribution in [3.63, 3.8) is 0 Å². The van der Waals surface area contributed by atoms with Crippen LogP contribution < -0.4 is 0 Å². The summed E-state index contributed by atoms with van der Waals surface area (Å²) < 4.78 is 5.25. The molecule has 0 unspecified atom stereocenters. The SMILES string of the molecule is CC(C)OC(=O)c1ccccc1-c1ccc(C=O)cc1. The fraction of sp³-hybridized carbons (Fsp3) is 0.176. The van der Waals surface area contributed by atoms with Crippen LogP contribution in [0.5, 0.6) is 0 Å². The second-order valence-electron chi connectivity index (χ2n) is 4.74. The Kier molecular flexibility index (Phi) is 4.31.